The lowest BCUT2D eigenvalue weighted by molar-refractivity contribution is -0.131. The van der Waals surface area contributed by atoms with E-state index in [1.54, 1.807) is 18.5 Å². The van der Waals surface area contributed by atoms with Crippen molar-refractivity contribution < 1.29 is 9.53 Å². The molecule has 4 heteroatoms. The van der Waals surface area contributed by atoms with Gasteiger partial charge in [0.25, 0.3) is 0 Å². The SMILES string of the molecule is CC(=O)Oc1cccc2c(Br)cncc12. The number of ether oxygens (including phenoxy) is 1. The molecule has 0 atom stereocenters. The van der Waals surface area contributed by atoms with E-state index in [-0.39, 0.29) is 5.97 Å². The highest BCUT2D eigenvalue weighted by Gasteiger charge is 2.06. The Hall–Kier alpha value is -1.42. The summed E-state index contributed by atoms with van der Waals surface area (Å²) in [5.41, 5.74) is 0. The normalized spacial score (nSPS) is 10.3. The van der Waals surface area contributed by atoms with Crippen LogP contribution < -0.4 is 4.74 Å². The molecule has 1 aromatic heterocycles. The molecule has 0 saturated heterocycles. The lowest BCUT2D eigenvalue weighted by Gasteiger charge is -2.06. The van der Waals surface area contributed by atoms with Crippen LogP contribution in [-0.4, -0.2) is 11.0 Å². The number of nitrogens with zero attached hydrogens (tertiary/aromatic N) is 1. The maximum absolute atomic E-state index is 10.9. The molecular formula is C11H8BrNO2. The number of carbonyl (C=O) groups is 1. The topological polar surface area (TPSA) is 39.2 Å². The molecule has 2 rings (SSSR count). The van der Waals surface area contributed by atoms with Gasteiger partial charge in [-0.15, -0.1) is 0 Å². The Bertz CT molecular complexity index is 525. The monoisotopic (exact) mass is 265 g/mol. The molecule has 0 fully saturated rings. The molecule has 0 aliphatic carbocycles. The summed E-state index contributed by atoms with van der Waals surface area (Å²) < 4.78 is 5.97. The highest BCUT2D eigenvalue weighted by Crippen LogP contribution is 2.29. The molecule has 0 spiro atoms. The highest BCUT2D eigenvalue weighted by molar-refractivity contribution is 9.10. The van der Waals surface area contributed by atoms with Crippen molar-refractivity contribution in [2.45, 2.75) is 6.92 Å². The zero-order valence-corrected chi connectivity index (χ0v) is 9.61. The van der Waals surface area contributed by atoms with Crippen LogP contribution in [0.4, 0.5) is 0 Å². The molecule has 0 saturated carbocycles. The largest absolute Gasteiger partial charge is 0.426 e. The van der Waals surface area contributed by atoms with Crippen molar-refractivity contribution in [1.82, 2.24) is 4.98 Å². The van der Waals surface area contributed by atoms with Crippen LogP contribution in [0.25, 0.3) is 10.8 Å². The van der Waals surface area contributed by atoms with Crippen LogP contribution in [0.3, 0.4) is 0 Å². The van der Waals surface area contributed by atoms with E-state index in [4.69, 9.17) is 4.74 Å². The van der Waals surface area contributed by atoms with Crippen molar-refractivity contribution in [3.63, 3.8) is 0 Å². The first-order chi connectivity index (χ1) is 7.18. The zero-order chi connectivity index (χ0) is 10.8. The first kappa shape index (κ1) is 10.1. The van der Waals surface area contributed by atoms with Crippen molar-refractivity contribution >= 4 is 32.7 Å². The molecule has 0 N–H and O–H groups in total. The van der Waals surface area contributed by atoms with Gasteiger partial charge in [-0.2, -0.15) is 0 Å². The molecule has 0 aliphatic rings. The summed E-state index contributed by atoms with van der Waals surface area (Å²) in [6, 6.07) is 5.53. The number of hydrogen-bond donors (Lipinski definition) is 0. The van der Waals surface area contributed by atoms with Crippen LogP contribution in [0.2, 0.25) is 0 Å². The average molecular weight is 266 g/mol. The molecule has 0 radical (unpaired) electrons. The third kappa shape index (κ3) is 1.99. The van der Waals surface area contributed by atoms with Gasteiger partial charge in [0.1, 0.15) is 5.75 Å². The quantitative estimate of drug-likeness (QED) is 0.588. The van der Waals surface area contributed by atoms with Gasteiger partial charge in [-0.1, -0.05) is 12.1 Å². The zero-order valence-electron chi connectivity index (χ0n) is 8.03. The first-order valence-electron chi connectivity index (χ1n) is 4.39. The van der Waals surface area contributed by atoms with E-state index >= 15 is 0 Å². The summed E-state index contributed by atoms with van der Waals surface area (Å²) in [4.78, 5) is 14.9. The van der Waals surface area contributed by atoms with Gasteiger partial charge in [-0.05, 0) is 22.0 Å². The number of hydrogen-bond acceptors (Lipinski definition) is 3. The highest BCUT2D eigenvalue weighted by atomic mass is 79.9. The van der Waals surface area contributed by atoms with Gasteiger partial charge in [0.2, 0.25) is 0 Å². The van der Waals surface area contributed by atoms with Gasteiger partial charge >= 0.3 is 5.97 Å². The summed E-state index contributed by atoms with van der Waals surface area (Å²) in [5.74, 6) is 0.205. The Labute approximate surface area is 95.2 Å². The fraction of sp³-hybridized carbons (Fsp3) is 0.0909. The Morgan fingerprint density at radius 2 is 2.13 bits per heavy atom. The summed E-state index contributed by atoms with van der Waals surface area (Å²) in [6.07, 6.45) is 3.39. The van der Waals surface area contributed by atoms with Crippen molar-refractivity contribution in [2.75, 3.05) is 0 Å². The number of esters is 1. The van der Waals surface area contributed by atoms with Gasteiger partial charge in [0, 0.05) is 34.6 Å². The van der Waals surface area contributed by atoms with Gasteiger partial charge < -0.3 is 4.74 Å². The lowest BCUT2D eigenvalue weighted by atomic mass is 10.1. The fourth-order valence-corrected chi connectivity index (χ4v) is 1.84. The standard InChI is InChI=1S/C11H8BrNO2/c1-7(14)15-11-4-2-3-8-9(11)5-13-6-10(8)12/h2-6H,1H3. The molecule has 0 amide bonds. The second-order valence-electron chi connectivity index (χ2n) is 3.07. The van der Waals surface area contributed by atoms with Crippen LogP contribution in [-0.2, 0) is 4.79 Å². The van der Waals surface area contributed by atoms with E-state index in [0.717, 1.165) is 15.2 Å². The predicted molar refractivity (Wildman–Crippen MR) is 60.8 cm³/mol. The van der Waals surface area contributed by atoms with E-state index in [1.807, 2.05) is 12.1 Å². The van der Waals surface area contributed by atoms with Crippen LogP contribution in [0.5, 0.6) is 5.75 Å². The molecule has 15 heavy (non-hydrogen) atoms. The molecule has 0 bridgehead atoms. The summed E-state index contributed by atoms with van der Waals surface area (Å²) in [7, 11) is 0. The van der Waals surface area contributed by atoms with E-state index in [0.29, 0.717) is 5.75 Å². The van der Waals surface area contributed by atoms with Crippen LogP contribution >= 0.6 is 15.9 Å². The van der Waals surface area contributed by atoms with Gasteiger partial charge in [0.15, 0.2) is 0 Å². The number of pyridine rings is 1. The predicted octanol–water partition coefficient (Wildman–Crippen LogP) is 2.92. The first-order valence-corrected chi connectivity index (χ1v) is 5.18. The number of carbonyl (C=O) groups excluding carboxylic acids is 1. The number of rotatable bonds is 1. The smallest absolute Gasteiger partial charge is 0.308 e. The van der Waals surface area contributed by atoms with Crippen LogP contribution in [0.15, 0.2) is 35.1 Å². The molecule has 1 heterocycles. The number of aromatic nitrogens is 1. The van der Waals surface area contributed by atoms with Crippen molar-refractivity contribution in [1.29, 1.82) is 0 Å². The summed E-state index contributed by atoms with van der Waals surface area (Å²) in [5, 5.41) is 1.80. The number of halogens is 1. The van der Waals surface area contributed by atoms with E-state index in [2.05, 4.69) is 20.9 Å². The molecule has 76 valence electrons. The number of fused-ring (bicyclic) bond motifs is 1. The minimum absolute atomic E-state index is 0.331. The second kappa shape index (κ2) is 3.98. The lowest BCUT2D eigenvalue weighted by Crippen LogP contribution is -2.01. The Kier molecular flexibility index (Phi) is 2.68. The van der Waals surface area contributed by atoms with E-state index < -0.39 is 0 Å². The van der Waals surface area contributed by atoms with E-state index in [9.17, 15) is 4.79 Å². The molecular weight excluding hydrogens is 258 g/mol. The maximum atomic E-state index is 10.9. The van der Waals surface area contributed by atoms with Crippen molar-refractivity contribution in [2.24, 2.45) is 0 Å². The van der Waals surface area contributed by atoms with Gasteiger partial charge in [-0.3, -0.25) is 9.78 Å². The number of benzene rings is 1. The van der Waals surface area contributed by atoms with Gasteiger partial charge in [0.05, 0.1) is 0 Å². The fourth-order valence-electron chi connectivity index (χ4n) is 1.38. The third-order valence-electron chi connectivity index (χ3n) is 1.97. The molecule has 0 aliphatic heterocycles. The Morgan fingerprint density at radius 3 is 2.87 bits per heavy atom. The van der Waals surface area contributed by atoms with Crippen LogP contribution in [0, 0.1) is 0 Å². The second-order valence-corrected chi connectivity index (χ2v) is 3.92. The van der Waals surface area contributed by atoms with Crippen molar-refractivity contribution in [3.8, 4) is 5.75 Å². The molecule has 3 nitrogen and oxygen atoms in total. The van der Waals surface area contributed by atoms with Crippen molar-refractivity contribution in [3.05, 3.63) is 35.1 Å². The average Bonchev–Trinajstić information content (AvgIpc) is 2.19. The minimum atomic E-state index is -0.331. The van der Waals surface area contributed by atoms with E-state index in [1.165, 1.54) is 6.92 Å². The molecule has 2 aromatic rings. The van der Waals surface area contributed by atoms with Gasteiger partial charge in [-0.25, -0.2) is 0 Å². The minimum Gasteiger partial charge on any atom is -0.426 e. The molecule has 1 aromatic carbocycles. The summed E-state index contributed by atoms with van der Waals surface area (Å²) >= 11 is 3.39. The Morgan fingerprint density at radius 1 is 1.33 bits per heavy atom. The molecule has 0 unspecified atom stereocenters. The third-order valence-corrected chi connectivity index (χ3v) is 2.60. The summed E-state index contributed by atoms with van der Waals surface area (Å²) in [6.45, 7) is 1.38. The van der Waals surface area contributed by atoms with Crippen LogP contribution in [0.1, 0.15) is 6.92 Å². The maximum Gasteiger partial charge on any atom is 0.308 e. The Balaban J connectivity index is 2.65.